The van der Waals surface area contributed by atoms with Gasteiger partial charge < -0.3 is 10.3 Å². The number of H-pyrrole nitrogens is 1. The van der Waals surface area contributed by atoms with Gasteiger partial charge in [0, 0.05) is 24.0 Å². The van der Waals surface area contributed by atoms with Crippen molar-refractivity contribution in [3.05, 3.63) is 81.4 Å². The number of amides is 1. The number of pyridine rings is 1. The Morgan fingerprint density at radius 1 is 1.15 bits per heavy atom. The number of hydrogen-bond donors (Lipinski definition) is 2. The minimum Gasteiger partial charge on any atom is -0.352 e. The zero-order chi connectivity index (χ0) is 19.4. The third-order valence-electron chi connectivity index (χ3n) is 4.82. The molecule has 5 heteroatoms. The maximum absolute atomic E-state index is 13.1. The Morgan fingerprint density at radius 2 is 1.89 bits per heavy atom. The van der Waals surface area contributed by atoms with Crippen molar-refractivity contribution in [1.29, 1.82) is 0 Å². The molecule has 0 saturated carbocycles. The number of benzene rings is 2. The summed E-state index contributed by atoms with van der Waals surface area (Å²) in [6.45, 7) is 4.17. The highest BCUT2D eigenvalue weighted by Crippen LogP contribution is 2.23. The molecule has 27 heavy (non-hydrogen) atoms. The van der Waals surface area contributed by atoms with Crippen LogP contribution in [-0.4, -0.2) is 10.9 Å². The Balaban J connectivity index is 1.67. The van der Waals surface area contributed by atoms with Crippen molar-refractivity contribution >= 4 is 16.8 Å². The lowest BCUT2D eigenvalue weighted by molar-refractivity contribution is -0.121. The molecule has 0 aliphatic rings. The van der Waals surface area contributed by atoms with Gasteiger partial charge in [-0.1, -0.05) is 30.7 Å². The minimum absolute atomic E-state index is 0.0168. The first-order valence-corrected chi connectivity index (χ1v) is 9.11. The van der Waals surface area contributed by atoms with Crippen LogP contribution in [0.4, 0.5) is 4.39 Å². The number of hydrogen-bond acceptors (Lipinski definition) is 2. The molecule has 1 amide bonds. The van der Waals surface area contributed by atoms with Gasteiger partial charge in [-0.05, 0) is 60.5 Å². The molecule has 2 N–H and O–H groups in total. The van der Waals surface area contributed by atoms with E-state index in [1.165, 1.54) is 12.1 Å². The molecule has 1 atom stereocenters. The number of nitrogens with one attached hydrogen (secondary N) is 2. The van der Waals surface area contributed by atoms with Gasteiger partial charge in [-0.15, -0.1) is 0 Å². The fourth-order valence-electron chi connectivity index (χ4n) is 3.23. The Hall–Kier alpha value is -2.95. The van der Waals surface area contributed by atoms with Gasteiger partial charge in [-0.2, -0.15) is 0 Å². The lowest BCUT2D eigenvalue weighted by atomic mass is 9.93. The molecule has 3 rings (SSSR count). The van der Waals surface area contributed by atoms with Gasteiger partial charge in [0.1, 0.15) is 5.82 Å². The number of halogens is 1. The number of rotatable bonds is 6. The summed E-state index contributed by atoms with van der Waals surface area (Å²) in [5.74, 6) is -0.401. The summed E-state index contributed by atoms with van der Waals surface area (Å²) >= 11 is 0. The van der Waals surface area contributed by atoms with Gasteiger partial charge >= 0.3 is 0 Å². The van der Waals surface area contributed by atoms with E-state index < -0.39 is 0 Å². The second-order valence-electron chi connectivity index (χ2n) is 6.85. The van der Waals surface area contributed by atoms with E-state index in [0.717, 1.165) is 28.5 Å². The van der Waals surface area contributed by atoms with E-state index in [9.17, 15) is 14.0 Å². The van der Waals surface area contributed by atoms with Crippen molar-refractivity contribution in [2.24, 2.45) is 0 Å². The zero-order valence-electron chi connectivity index (χ0n) is 15.5. The summed E-state index contributed by atoms with van der Waals surface area (Å²) in [7, 11) is 0. The number of aromatic nitrogens is 1. The third kappa shape index (κ3) is 4.61. The zero-order valence-corrected chi connectivity index (χ0v) is 15.5. The van der Waals surface area contributed by atoms with Crippen molar-refractivity contribution in [3.63, 3.8) is 0 Å². The molecule has 0 spiro atoms. The average molecular weight is 366 g/mol. The van der Waals surface area contributed by atoms with Crippen molar-refractivity contribution in [3.8, 4) is 0 Å². The maximum Gasteiger partial charge on any atom is 0.253 e. The van der Waals surface area contributed by atoms with E-state index in [1.54, 1.807) is 12.1 Å². The summed E-state index contributed by atoms with van der Waals surface area (Å²) in [5, 5.41) is 3.77. The summed E-state index contributed by atoms with van der Waals surface area (Å²) in [5.41, 5.74) is 3.15. The van der Waals surface area contributed by atoms with E-state index in [0.29, 0.717) is 12.0 Å². The van der Waals surface area contributed by atoms with Gasteiger partial charge in [0.15, 0.2) is 0 Å². The average Bonchev–Trinajstić information content (AvgIpc) is 2.65. The van der Waals surface area contributed by atoms with Crippen LogP contribution in [0.15, 0.2) is 53.3 Å². The first-order chi connectivity index (χ1) is 13.0. The van der Waals surface area contributed by atoms with E-state index in [4.69, 9.17) is 0 Å². The molecule has 0 aliphatic carbocycles. The Morgan fingerprint density at radius 3 is 2.59 bits per heavy atom. The normalized spacial score (nSPS) is 12.1. The van der Waals surface area contributed by atoms with Crippen LogP contribution in [0.2, 0.25) is 0 Å². The highest BCUT2D eigenvalue weighted by molar-refractivity contribution is 5.80. The van der Waals surface area contributed by atoms with Crippen LogP contribution in [0, 0.1) is 12.7 Å². The fraction of sp³-hybridized carbons (Fsp3) is 0.273. The van der Waals surface area contributed by atoms with Gasteiger partial charge in [0.05, 0.1) is 0 Å². The van der Waals surface area contributed by atoms with Crippen molar-refractivity contribution < 1.29 is 9.18 Å². The molecule has 1 unspecified atom stereocenters. The summed E-state index contributed by atoms with van der Waals surface area (Å²) in [6, 6.07) is 13.9. The highest BCUT2D eigenvalue weighted by Gasteiger charge is 2.15. The van der Waals surface area contributed by atoms with Crippen LogP contribution < -0.4 is 10.9 Å². The van der Waals surface area contributed by atoms with Crippen LogP contribution >= 0.6 is 0 Å². The van der Waals surface area contributed by atoms with Crippen molar-refractivity contribution in [1.82, 2.24) is 10.3 Å². The second kappa shape index (κ2) is 8.16. The molecule has 0 bridgehead atoms. The standard InChI is InChI=1S/C22H23FN2O2/c1-3-15(16-5-7-19(23)8-6-16)12-21(26)24-13-18-11-17-10-14(2)4-9-20(17)25-22(18)27/h4-11,15H,3,12-13H2,1-2H3,(H,24,26)(H,25,27). The topological polar surface area (TPSA) is 62.0 Å². The fourth-order valence-corrected chi connectivity index (χ4v) is 3.23. The molecule has 1 aromatic heterocycles. The SMILES string of the molecule is CCC(CC(=O)NCc1cc2cc(C)ccc2[nH]c1=O)c1ccc(F)cc1. The molecule has 0 fully saturated rings. The first-order valence-electron chi connectivity index (χ1n) is 9.11. The smallest absolute Gasteiger partial charge is 0.253 e. The van der Waals surface area contributed by atoms with Crippen molar-refractivity contribution in [2.45, 2.75) is 39.2 Å². The van der Waals surface area contributed by atoms with Crippen LogP contribution in [0.1, 0.15) is 42.4 Å². The second-order valence-corrected chi connectivity index (χ2v) is 6.85. The Labute approximate surface area is 157 Å². The van der Waals surface area contributed by atoms with Crippen LogP contribution in [0.5, 0.6) is 0 Å². The van der Waals surface area contributed by atoms with Gasteiger partial charge in [0.25, 0.3) is 5.56 Å². The van der Waals surface area contributed by atoms with E-state index in [2.05, 4.69) is 10.3 Å². The number of aryl methyl sites for hydroxylation is 1. The summed E-state index contributed by atoms with van der Waals surface area (Å²) in [4.78, 5) is 27.4. The molecule has 0 radical (unpaired) electrons. The first kappa shape index (κ1) is 18.8. The predicted molar refractivity (Wildman–Crippen MR) is 105 cm³/mol. The van der Waals surface area contributed by atoms with Crippen LogP contribution in [0.3, 0.4) is 0 Å². The molecule has 4 nitrogen and oxygen atoms in total. The molecular formula is C22H23FN2O2. The predicted octanol–water partition coefficient (Wildman–Crippen LogP) is 4.18. The van der Waals surface area contributed by atoms with Gasteiger partial charge in [-0.25, -0.2) is 4.39 Å². The quantitative estimate of drug-likeness (QED) is 0.688. The Kier molecular flexibility index (Phi) is 5.69. The molecule has 1 heterocycles. The number of fused-ring (bicyclic) bond motifs is 1. The summed E-state index contributed by atoms with van der Waals surface area (Å²) in [6.07, 6.45) is 1.07. The van der Waals surface area contributed by atoms with Gasteiger partial charge in [-0.3, -0.25) is 9.59 Å². The molecular weight excluding hydrogens is 343 g/mol. The number of carbonyl (C=O) groups excluding carboxylic acids is 1. The third-order valence-corrected chi connectivity index (χ3v) is 4.82. The lowest BCUT2D eigenvalue weighted by Crippen LogP contribution is -2.27. The van der Waals surface area contributed by atoms with Crippen molar-refractivity contribution in [2.75, 3.05) is 0 Å². The number of carbonyl (C=O) groups is 1. The van der Waals surface area contributed by atoms with Gasteiger partial charge in [0.2, 0.25) is 5.91 Å². The molecule has 3 aromatic rings. The lowest BCUT2D eigenvalue weighted by Gasteiger charge is -2.15. The summed E-state index contributed by atoms with van der Waals surface area (Å²) < 4.78 is 13.1. The molecule has 140 valence electrons. The van der Waals surface area contributed by atoms with Crippen LogP contribution in [-0.2, 0) is 11.3 Å². The monoisotopic (exact) mass is 366 g/mol. The maximum atomic E-state index is 13.1. The van der Waals surface area contributed by atoms with E-state index in [1.807, 2.05) is 38.1 Å². The molecule has 0 aliphatic heterocycles. The largest absolute Gasteiger partial charge is 0.352 e. The Bertz CT molecular complexity index is 1010. The minimum atomic E-state index is -0.288. The number of aromatic amines is 1. The molecule has 2 aromatic carbocycles. The molecule has 0 saturated heterocycles. The van der Waals surface area contributed by atoms with E-state index >= 15 is 0 Å². The highest BCUT2D eigenvalue weighted by atomic mass is 19.1. The van der Waals surface area contributed by atoms with Crippen LogP contribution in [0.25, 0.3) is 10.9 Å². The van der Waals surface area contributed by atoms with E-state index in [-0.39, 0.29) is 29.7 Å².